The van der Waals surface area contributed by atoms with E-state index in [9.17, 15) is 14.9 Å². The number of nitro groups is 1. The van der Waals surface area contributed by atoms with Gasteiger partial charge in [-0.25, -0.2) is 0 Å². The Bertz CT molecular complexity index is 416. The largest absolute Gasteiger partial charge is 0.320 e. The van der Waals surface area contributed by atoms with Crippen LogP contribution in [0.25, 0.3) is 0 Å². The predicted octanol–water partition coefficient (Wildman–Crippen LogP) is 2.64. The number of benzene rings is 1. The summed E-state index contributed by atoms with van der Waals surface area (Å²) >= 11 is 0. The van der Waals surface area contributed by atoms with Crippen molar-refractivity contribution in [1.82, 2.24) is 0 Å². The number of para-hydroxylation sites is 1. The lowest BCUT2D eigenvalue weighted by Crippen LogP contribution is -2.13. The average molecular weight is 222 g/mol. The molecule has 1 N–H and O–H groups in total. The molecule has 0 unspecified atom stereocenters. The number of amides is 1. The maximum absolute atomic E-state index is 11.4. The molecule has 1 amide bonds. The number of carbonyl (C=O) groups is 1. The normalized spacial score (nSPS) is 9.88. The molecule has 0 fully saturated rings. The minimum atomic E-state index is -0.492. The van der Waals surface area contributed by atoms with Gasteiger partial charge in [0.2, 0.25) is 5.91 Å². The van der Waals surface area contributed by atoms with Gasteiger partial charge in [0.05, 0.1) is 4.92 Å². The molecule has 0 aliphatic carbocycles. The van der Waals surface area contributed by atoms with E-state index >= 15 is 0 Å². The van der Waals surface area contributed by atoms with Crippen LogP contribution in [0.1, 0.15) is 25.3 Å². The molecule has 1 aromatic rings. The van der Waals surface area contributed by atoms with Crippen LogP contribution < -0.4 is 5.32 Å². The van der Waals surface area contributed by atoms with Gasteiger partial charge in [0.25, 0.3) is 5.69 Å². The van der Waals surface area contributed by atoms with Crippen LogP contribution >= 0.6 is 0 Å². The Kier molecular flexibility index (Phi) is 3.99. The van der Waals surface area contributed by atoms with E-state index in [4.69, 9.17) is 0 Å². The first-order valence-electron chi connectivity index (χ1n) is 5.10. The summed E-state index contributed by atoms with van der Waals surface area (Å²) in [5, 5.41) is 13.3. The molecule has 0 atom stereocenters. The smallest absolute Gasteiger partial charge is 0.293 e. The number of nitrogens with one attached hydrogen (secondary N) is 1. The minimum Gasteiger partial charge on any atom is -0.320 e. The lowest BCUT2D eigenvalue weighted by Gasteiger charge is -2.07. The van der Waals surface area contributed by atoms with Crippen molar-refractivity contribution in [2.45, 2.75) is 26.7 Å². The Balaban J connectivity index is 3.01. The zero-order valence-electron chi connectivity index (χ0n) is 9.32. The molecule has 0 aliphatic heterocycles. The van der Waals surface area contributed by atoms with Crippen molar-refractivity contribution in [3.63, 3.8) is 0 Å². The van der Waals surface area contributed by atoms with Crippen LogP contribution in [0.15, 0.2) is 18.2 Å². The summed E-state index contributed by atoms with van der Waals surface area (Å²) in [4.78, 5) is 21.7. The molecule has 1 aromatic carbocycles. The highest BCUT2D eigenvalue weighted by atomic mass is 16.6. The molecule has 0 radical (unpaired) electrons. The van der Waals surface area contributed by atoms with Gasteiger partial charge in [0, 0.05) is 12.5 Å². The quantitative estimate of drug-likeness (QED) is 0.628. The highest BCUT2D eigenvalue weighted by Gasteiger charge is 2.16. The molecule has 1 rings (SSSR count). The second-order valence-corrected chi connectivity index (χ2v) is 3.52. The Morgan fingerprint density at radius 3 is 2.75 bits per heavy atom. The molecule has 5 heteroatoms. The van der Waals surface area contributed by atoms with E-state index in [0.717, 1.165) is 0 Å². The van der Waals surface area contributed by atoms with Gasteiger partial charge in [-0.05, 0) is 18.9 Å². The molecule has 5 nitrogen and oxygen atoms in total. The molecular weight excluding hydrogens is 208 g/mol. The first kappa shape index (κ1) is 12.2. The van der Waals surface area contributed by atoms with E-state index in [1.807, 2.05) is 6.92 Å². The highest BCUT2D eigenvalue weighted by molar-refractivity contribution is 5.94. The number of nitro benzene ring substituents is 1. The molecule has 0 bridgehead atoms. The van der Waals surface area contributed by atoms with Gasteiger partial charge >= 0.3 is 0 Å². The Morgan fingerprint density at radius 2 is 2.19 bits per heavy atom. The van der Waals surface area contributed by atoms with E-state index in [1.165, 1.54) is 6.07 Å². The van der Waals surface area contributed by atoms with Crippen molar-refractivity contribution >= 4 is 17.3 Å². The second kappa shape index (κ2) is 5.25. The van der Waals surface area contributed by atoms with Crippen LogP contribution in [-0.2, 0) is 4.79 Å². The molecule has 16 heavy (non-hydrogen) atoms. The standard InChI is InChI=1S/C11H14N2O3/c1-3-5-10(14)12-11-8(2)6-4-7-9(11)13(15)16/h4,6-7H,3,5H2,1-2H3,(H,12,14). The van der Waals surface area contributed by atoms with Gasteiger partial charge < -0.3 is 5.32 Å². The van der Waals surface area contributed by atoms with Gasteiger partial charge in [-0.15, -0.1) is 0 Å². The Hall–Kier alpha value is -1.91. The molecule has 0 saturated heterocycles. The third-order valence-corrected chi connectivity index (χ3v) is 2.19. The zero-order valence-corrected chi connectivity index (χ0v) is 9.32. The van der Waals surface area contributed by atoms with Crippen molar-refractivity contribution in [1.29, 1.82) is 0 Å². The summed E-state index contributed by atoms with van der Waals surface area (Å²) < 4.78 is 0. The molecule has 0 spiro atoms. The van der Waals surface area contributed by atoms with Crippen LogP contribution in [0, 0.1) is 17.0 Å². The summed E-state index contributed by atoms with van der Waals surface area (Å²) in [6, 6.07) is 4.71. The van der Waals surface area contributed by atoms with Crippen molar-refractivity contribution in [2.75, 3.05) is 5.32 Å². The summed E-state index contributed by atoms with van der Waals surface area (Å²) in [6.07, 6.45) is 1.08. The second-order valence-electron chi connectivity index (χ2n) is 3.52. The molecule has 0 aliphatic rings. The summed E-state index contributed by atoms with van der Waals surface area (Å²) in [7, 11) is 0. The Labute approximate surface area is 93.6 Å². The maximum Gasteiger partial charge on any atom is 0.293 e. The van der Waals surface area contributed by atoms with Crippen LogP contribution in [0.3, 0.4) is 0 Å². The topological polar surface area (TPSA) is 72.2 Å². The van der Waals surface area contributed by atoms with Crippen molar-refractivity contribution in [3.05, 3.63) is 33.9 Å². The highest BCUT2D eigenvalue weighted by Crippen LogP contribution is 2.27. The van der Waals surface area contributed by atoms with Gasteiger partial charge in [-0.1, -0.05) is 19.1 Å². The van der Waals surface area contributed by atoms with Crippen LogP contribution in [-0.4, -0.2) is 10.8 Å². The monoisotopic (exact) mass is 222 g/mol. The van der Waals surface area contributed by atoms with Gasteiger partial charge in [0.1, 0.15) is 5.69 Å². The number of rotatable bonds is 4. The summed E-state index contributed by atoms with van der Waals surface area (Å²) in [6.45, 7) is 3.61. The van der Waals surface area contributed by atoms with Gasteiger partial charge in [-0.3, -0.25) is 14.9 Å². The van der Waals surface area contributed by atoms with Crippen molar-refractivity contribution < 1.29 is 9.72 Å². The van der Waals surface area contributed by atoms with Gasteiger partial charge in [0.15, 0.2) is 0 Å². The van der Waals surface area contributed by atoms with Crippen LogP contribution in [0.4, 0.5) is 11.4 Å². The third kappa shape index (κ3) is 2.79. The van der Waals surface area contributed by atoms with E-state index in [1.54, 1.807) is 19.1 Å². The molecular formula is C11H14N2O3. The first-order chi connectivity index (χ1) is 7.56. The van der Waals surface area contributed by atoms with Crippen molar-refractivity contribution in [2.24, 2.45) is 0 Å². The predicted molar refractivity (Wildman–Crippen MR) is 61.4 cm³/mol. The molecule has 0 aromatic heterocycles. The molecule has 0 saturated carbocycles. The number of hydrogen-bond acceptors (Lipinski definition) is 3. The lowest BCUT2D eigenvalue weighted by atomic mass is 10.1. The summed E-state index contributed by atoms with van der Waals surface area (Å²) in [5.41, 5.74) is 0.925. The van der Waals surface area contributed by atoms with Gasteiger partial charge in [-0.2, -0.15) is 0 Å². The van der Waals surface area contributed by atoms with Crippen molar-refractivity contribution in [3.8, 4) is 0 Å². The number of carbonyl (C=O) groups excluding carboxylic acids is 1. The first-order valence-corrected chi connectivity index (χ1v) is 5.10. The molecule has 0 heterocycles. The fourth-order valence-electron chi connectivity index (χ4n) is 1.40. The van der Waals surface area contributed by atoms with Crippen LogP contribution in [0.2, 0.25) is 0 Å². The summed E-state index contributed by atoms with van der Waals surface area (Å²) in [5.74, 6) is -0.195. The SMILES string of the molecule is CCCC(=O)Nc1c(C)cccc1[N+](=O)[O-]. The number of aryl methyl sites for hydroxylation is 1. The lowest BCUT2D eigenvalue weighted by molar-refractivity contribution is -0.384. The fraction of sp³-hybridized carbons (Fsp3) is 0.364. The average Bonchev–Trinajstić information content (AvgIpc) is 2.21. The number of nitrogens with zero attached hydrogens (tertiary/aromatic N) is 1. The Morgan fingerprint density at radius 1 is 1.50 bits per heavy atom. The molecule has 86 valence electrons. The number of anilines is 1. The van der Waals surface area contributed by atoms with E-state index in [2.05, 4.69) is 5.32 Å². The maximum atomic E-state index is 11.4. The zero-order chi connectivity index (χ0) is 12.1. The van der Waals surface area contributed by atoms with E-state index in [0.29, 0.717) is 24.1 Å². The van der Waals surface area contributed by atoms with Crippen LogP contribution in [0.5, 0.6) is 0 Å². The fourth-order valence-corrected chi connectivity index (χ4v) is 1.40. The number of hydrogen-bond donors (Lipinski definition) is 1. The van der Waals surface area contributed by atoms with E-state index in [-0.39, 0.29) is 11.6 Å². The van der Waals surface area contributed by atoms with E-state index < -0.39 is 4.92 Å². The third-order valence-electron chi connectivity index (χ3n) is 2.19. The minimum absolute atomic E-state index is 0.0653.